The molecule has 1 saturated heterocycles. The molecule has 0 aliphatic carbocycles. The van der Waals surface area contributed by atoms with Crippen LogP contribution >= 0.6 is 11.8 Å². The highest BCUT2D eigenvalue weighted by Gasteiger charge is 2.16. The molecule has 6 nitrogen and oxygen atoms in total. The fourth-order valence-corrected chi connectivity index (χ4v) is 2.49. The highest BCUT2D eigenvalue weighted by molar-refractivity contribution is 7.99. The summed E-state index contributed by atoms with van der Waals surface area (Å²) in [5, 5.41) is 12.2. The molecule has 1 aliphatic rings. The number of hydrogen-bond acceptors (Lipinski definition) is 5. The van der Waals surface area contributed by atoms with E-state index in [0.717, 1.165) is 19.4 Å². The van der Waals surface area contributed by atoms with E-state index in [0.29, 0.717) is 11.6 Å². The van der Waals surface area contributed by atoms with Crippen LogP contribution in [-0.2, 0) is 9.53 Å². The van der Waals surface area contributed by atoms with Gasteiger partial charge >= 0.3 is 5.97 Å². The van der Waals surface area contributed by atoms with E-state index in [2.05, 4.69) is 10.3 Å². The van der Waals surface area contributed by atoms with Gasteiger partial charge in [0.2, 0.25) is 5.91 Å². The standard InChI is InChI=1S/C13H16N2O4S/c16-11(14-7-10-2-1-5-19-10)8-20-12-4-3-9(6-15-12)13(17)18/h3-4,6,10H,1-2,5,7-8H2,(H,14,16)(H,17,18). The van der Waals surface area contributed by atoms with Gasteiger partial charge < -0.3 is 15.2 Å². The molecule has 2 N–H and O–H groups in total. The molecule has 1 fully saturated rings. The van der Waals surface area contributed by atoms with E-state index in [4.69, 9.17) is 9.84 Å². The van der Waals surface area contributed by atoms with Gasteiger partial charge in [-0.25, -0.2) is 9.78 Å². The van der Waals surface area contributed by atoms with Crippen molar-refractivity contribution in [2.45, 2.75) is 24.0 Å². The van der Waals surface area contributed by atoms with Gasteiger partial charge in [-0.1, -0.05) is 11.8 Å². The summed E-state index contributed by atoms with van der Waals surface area (Å²) in [6.07, 6.45) is 3.47. The number of nitrogens with one attached hydrogen (secondary N) is 1. The molecule has 0 radical (unpaired) electrons. The summed E-state index contributed by atoms with van der Waals surface area (Å²) in [4.78, 5) is 26.3. The highest BCUT2D eigenvalue weighted by Crippen LogP contribution is 2.15. The Balaban J connectivity index is 1.70. The fourth-order valence-electron chi connectivity index (χ4n) is 1.82. The molecule has 108 valence electrons. The van der Waals surface area contributed by atoms with E-state index >= 15 is 0 Å². The zero-order valence-corrected chi connectivity index (χ0v) is 11.7. The minimum absolute atomic E-state index is 0.0744. The quantitative estimate of drug-likeness (QED) is 0.766. The lowest BCUT2D eigenvalue weighted by atomic mass is 10.2. The second-order valence-corrected chi connectivity index (χ2v) is 5.41. The number of carbonyl (C=O) groups excluding carboxylic acids is 1. The minimum atomic E-state index is -1.01. The summed E-state index contributed by atoms with van der Waals surface area (Å²) in [5.41, 5.74) is 0.136. The number of hydrogen-bond donors (Lipinski definition) is 2. The third kappa shape index (κ3) is 4.50. The average Bonchev–Trinajstić information content (AvgIpc) is 2.96. The van der Waals surface area contributed by atoms with E-state index < -0.39 is 5.97 Å². The lowest BCUT2D eigenvalue weighted by molar-refractivity contribution is -0.119. The van der Waals surface area contributed by atoms with Crippen molar-refractivity contribution in [2.75, 3.05) is 18.9 Å². The number of thioether (sulfide) groups is 1. The summed E-state index contributed by atoms with van der Waals surface area (Å²) >= 11 is 1.27. The summed E-state index contributed by atoms with van der Waals surface area (Å²) in [5.74, 6) is -0.829. The average molecular weight is 296 g/mol. The molecule has 7 heteroatoms. The van der Waals surface area contributed by atoms with E-state index in [1.807, 2.05) is 0 Å². The molecule has 1 aromatic rings. The first-order valence-electron chi connectivity index (χ1n) is 6.35. The Hall–Kier alpha value is -1.60. The smallest absolute Gasteiger partial charge is 0.337 e. The maximum absolute atomic E-state index is 11.6. The maximum atomic E-state index is 11.6. The van der Waals surface area contributed by atoms with Crippen LogP contribution in [0.2, 0.25) is 0 Å². The van der Waals surface area contributed by atoms with Crippen molar-refractivity contribution in [2.24, 2.45) is 0 Å². The Kier molecular flexibility index (Phi) is 5.37. The number of pyridine rings is 1. The van der Waals surface area contributed by atoms with Crippen LogP contribution in [0.25, 0.3) is 0 Å². The Morgan fingerprint density at radius 2 is 2.35 bits per heavy atom. The van der Waals surface area contributed by atoms with Gasteiger partial charge in [-0.2, -0.15) is 0 Å². The molecule has 1 atom stereocenters. The first-order chi connectivity index (χ1) is 9.65. The number of carboxylic acids is 1. The van der Waals surface area contributed by atoms with E-state index in [1.54, 1.807) is 6.07 Å². The van der Waals surface area contributed by atoms with Gasteiger partial charge in [0.1, 0.15) is 0 Å². The van der Waals surface area contributed by atoms with Gasteiger partial charge in [0.25, 0.3) is 0 Å². The van der Waals surface area contributed by atoms with Gasteiger partial charge in [-0.3, -0.25) is 4.79 Å². The zero-order chi connectivity index (χ0) is 14.4. The van der Waals surface area contributed by atoms with Crippen LogP contribution in [0.15, 0.2) is 23.4 Å². The van der Waals surface area contributed by atoms with Crippen molar-refractivity contribution in [3.63, 3.8) is 0 Å². The second kappa shape index (κ2) is 7.25. The SMILES string of the molecule is O=C(CSc1ccc(C(=O)O)cn1)NCC1CCCO1. The number of aromatic nitrogens is 1. The number of ether oxygens (including phenoxy) is 1. The van der Waals surface area contributed by atoms with Crippen molar-refractivity contribution in [1.82, 2.24) is 10.3 Å². The first kappa shape index (κ1) is 14.8. The molecular formula is C13H16N2O4S. The number of rotatable bonds is 6. The number of carbonyl (C=O) groups is 2. The number of nitrogens with zero attached hydrogens (tertiary/aromatic N) is 1. The third-order valence-electron chi connectivity index (χ3n) is 2.89. The molecule has 2 rings (SSSR count). The summed E-state index contributed by atoms with van der Waals surface area (Å²) in [6.45, 7) is 1.32. The van der Waals surface area contributed by atoms with Gasteiger partial charge in [0.15, 0.2) is 0 Å². The zero-order valence-electron chi connectivity index (χ0n) is 10.9. The van der Waals surface area contributed by atoms with Gasteiger partial charge in [0.05, 0.1) is 22.4 Å². The van der Waals surface area contributed by atoms with Crippen LogP contribution in [0.4, 0.5) is 0 Å². The van der Waals surface area contributed by atoms with Crippen LogP contribution in [0.3, 0.4) is 0 Å². The molecule has 0 spiro atoms. The molecule has 1 unspecified atom stereocenters. The Morgan fingerprint density at radius 1 is 1.50 bits per heavy atom. The molecule has 0 bridgehead atoms. The lowest BCUT2D eigenvalue weighted by Gasteiger charge is -2.10. The monoisotopic (exact) mass is 296 g/mol. The largest absolute Gasteiger partial charge is 0.478 e. The highest BCUT2D eigenvalue weighted by atomic mass is 32.2. The Bertz CT molecular complexity index is 472. The van der Waals surface area contributed by atoms with Crippen LogP contribution in [0, 0.1) is 0 Å². The molecule has 2 heterocycles. The van der Waals surface area contributed by atoms with Crippen LogP contribution in [-0.4, -0.2) is 47.0 Å². The van der Waals surface area contributed by atoms with Crippen molar-refractivity contribution >= 4 is 23.6 Å². The molecule has 1 aliphatic heterocycles. The fraction of sp³-hybridized carbons (Fsp3) is 0.462. The molecular weight excluding hydrogens is 280 g/mol. The lowest BCUT2D eigenvalue weighted by Crippen LogP contribution is -2.32. The van der Waals surface area contributed by atoms with Crippen LogP contribution < -0.4 is 5.32 Å². The Labute approximate surface area is 120 Å². The topological polar surface area (TPSA) is 88.5 Å². The van der Waals surface area contributed by atoms with Crippen molar-refractivity contribution in [3.05, 3.63) is 23.9 Å². The van der Waals surface area contributed by atoms with Gasteiger partial charge in [-0.05, 0) is 25.0 Å². The van der Waals surface area contributed by atoms with Crippen molar-refractivity contribution < 1.29 is 19.4 Å². The predicted molar refractivity (Wildman–Crippen MR) is 73.9 cm³/mol. The normalized spacial score (nSPS) is 17.9. The van der Waals surface area contributed by atoms with Crippen molar-refractivity contribution in [3.8, 4) is 0 Å². The summed E-state index contributed by atoms with van der Waals surface area (Å²) in [7, 11) is 0. The van der Waals surface area contributed by atoms with Gasteiger partial charge in [0, 0.05) is 19.3 Å². The first-order valence-corrected chi connectivity index (χ1v) is 7.34. The third-order valence-corrected chi connectivity index (χ3v) is 3.83. The number of amides is 1. The predicted octanol–water partition coefficient (Wildman–Crippen LogP) is 1.17. The summed E-state index contributed by atoms with van der Waals surface area (Å²) in [6, 6.07) is 3.07. The molecule has 1 amide bonds. The van der Waals surface area contributed by atoms with Gasteiger partial charge in [-0.15, -0.1) is 0 Å². The maximum Gasteiger partial charge on any atom is 0.337 e. The van der Waals surface area contributed by atoms with Crippen molar-refractivity contribution in [1.29, 1.82) is 0 Å². The van der Waals surface area contributed by atoms with E-state index in [1.165, 1.54) is 24.0 Å². The number of carboxylic acid groups (broad SMARTS) is 1. The summed E-state index contributed by atoms with van der Waals surface area (Å²) < 4.78 is 5.41. The molecule has 1 aromatic heterocycles. The molecule has 0 saturated carbocycles. The van der Waals surface area contributed by atoms with Crippen LogP contribution in [0.5, 0.6) is 0 Å². The second-order valence-electron chi connectivity index (χ2n) is 4.42. The number of aromatic carboxylic acids is 1. The Morgan fingerprint density at radius 3 is 2.95 bits per heavy atom. The molecule has 0 aromatic carbocycles. The molecule has 20 heavy (non-hydrogen) atoms. The minimum Gasteiger partial charge on any atom is -0.478 e. The van der Waals surface area contributed by atoms with Crippen LogP contribution in [0.1, 0.15) is 23.2 Å². The van der Waals surface area contributed by atoms with E-state index in [9.17, 15) is 9.59 Å². The van der Waals surface area contributed by atoms with E-state index in [-0.39, 0.29) is 23.3 Å².